The molecular formula is C46H54N8O6. The minimum Gasteiger partial charge on any atom is -0.453 e. The molecule has 0 saturated carbocycles. The number of hydrogen-bond acceptors (Lipinski definition) is 8. The standard InChI is InChI=1S/C46H54N8O6/c1-7-52(45(58)60-46(3,4)5)39(34-13-9-8-10-14-34)43(56)54-26-12-16-38(54)41-48-28-36(51-41)33-23-19-31(20-24-33)30-17-21-32(22-18-30)35-27-47-40(50-35)37-15-11-25-53(37)42(55)29(2)49-44(57)59-6/h8-10,13-14,17-24,27-29,37-39H,7,11-12,15-16,25-26H2,1-6H3,(H,47,50)(H,48,51)(H,49,57)/t29-,37?,38-,39+/m0/s1. The van der Waals surface area contributed by atoms with Crippen LogP contribution >= 0.6 is 0 Å². The molecule has 2 aromatic heterocycles. The Kier molecular flexibility index (Phi) is 12.4. The fourth-order valence-corrected chi connectivity index (χ4v) is 8.15. The molecule has 3 aromatic carbocycles. The van der Waals surface area contributed by atoms with Crippen LogP contribution in [0.2, 0.25) is 0 Å². The molecule has 60 heavy (non-hydrogen) atoms. The van der Waals surface area contributed by atoms with Gasteiger partial charge in [0.25, 0.3) is 5.91 Å². The van der Waals surface area contributed by atoms with E-state index in [1.807, 2.05) is 81.3 Å². The van der Waals surface area contributed by atoms with E-state index in [0.29, 0.717) is 31.3 Å². The molecule has 1 unspecified atom stereocenters. The van der Waals surface area contributed by atoms with Crippen LogP contribution in [-0.2, 0) is 19.1 Å². The molecule has 14 nitrogen and oxygen atoms in total. The van der Waals surface area contributed by atoms with Crippen LogP contribution in [0.25, 0.3) is 33.6 Å². The lowest BCUT2D eigenvalue weighted by Crippen LogP contribution is -2.47. The number of carbonyl (C=O) groups is 4. The third-order valence-corrected chi connectivity index (χ3v) is 11.1. The lowest BCUT2D eigenvalue weighted by atomic mass is 10.0. The SMILES string of the molecule is CCN(C(=O)OC(C)(C)C)[C@@H](C(=O)N1CCC[C@H]1c1ncc(-c2ccc(-c3ccc(-c4cnc(C5CCCN5C(=O)[C@H](C)NC(=O)OC)[nH]4)cc3)cc2)[nH]1)c1ccccc1. The van der Waals surface area contributed by atoms with Gasteiger partial charge in [0.15, 0.2) is 0 Å². The highest BCUT2D eigenvalue weighted by atomic mass is 16.6. The number of hydrogen-bond donors (Lipinski definition) is 3. The van der Waals surface area contributed by atoms with E-state index in [2.05, 4.69) is 61.4 Å². The smallest absolute Gasteiger partial charge is 0.411 e. The number of nitrogens with one attached hydrogen (secondary N) is 3. The molecule has 2 saturated heterocycles. The number of alkyl carbamates (subject to hydrolysis) is 1. The zero-order valence-electron chi connectivity index (χ0n) is 35.1. The van der Waals surface area contributed by atoms with E-state index in [1.165, 1.54) is 12.0 Å². The molecule has 4 atom stereocenters. The summed E-state index contributed by atoms with van der Waals surface area (Å²) in [7, 11) is 1.27. The van der Waals surface area contributed by atoms with E-state index in [9.17, 15) is 19.2 Å². The molecule has 2 fully saturated rings. The molecule has 14 heteroatoms. The van der Waals surface area contributed by atoms with Gasteiger partial charge in [0, 0.05) is 19.6 Å². The monoisotopic (exact) mass is 814 g/mol. The molecular weight excluding hydrogens is 761 g/mol. The molecule has 0 spiro atoms. The largest absolute Gasteiger partial charge is 0.453 e. The van der Waals surface area contributed by atoms with Crippen molar-refractivity contribution in [3.63, 3.8) is 0 Å². The van der Waals surface area contributed by atoms with Gasteiger partial charge in [-0.3, -0.25) is 14.5 Å². The third kappa shape index (κ3) is 9.07. The number of likely N-dealkylation sites (tertiary alicyclic amines) is 2. The van der Waals surface area contributed by atoms with Crippen LogP contribution in [0.4, 0.5) is 9.59 Å². The quantitative estimate of drug-likeness (QED) is 0.120. The molecule has 4 heterocycles. The first-order valence-corrected chi connectivity index (χ1v) is 20.7. The van der Waals surface area contributed by atoms with E-state index in [1.54, 1.807) is 18.0 Å². The minimum absolute atomic E-state index is 0.161. The van der Waals surface area contributed by atoms with Crippen molar-refractivity contribution in [2.45, 2.75) is 90.1 Å². The Morgan fingerprint density at radius 3 is 1.72 bits per heavy atom. The number of amides is 4. The number of aromatic nitrogens is 4. The normalized spacial score (nSPS) is 17.6. The summed E-state index contributed by atoms with van der Waals surface area (Å²) in [5, 5.41) is 2.56. The van der Waals surface area contributed by atoms with Crippen molar-refractivity contribution < 1.29 is 28.7 Å². The number of likely N-dealkylation sites (N-methyl/N-ethyl adjacent to an activating group) is 1. The van der Waals surface area contributed by atoms with Gasteiger partial charge >= 0.3 is 12.2 Å². The van der Waals surface area contributed by atoms with Crippen molar-refractivity contribution >= 4 is 24.0 Å². The van der Waals surface area contributed by atoms with Crippen LogP contribution in [-0.4, -0.2) is 97.0 Å². The Labute approximate surface area is 350 Å². The Morgan fingerprint density at radius 2 is 1.25 bits per heavy atom. The molecule has 2 aliphatic heterocycles. The summed E-state index contributed by atoms with van der Waals surface area (Å²) in [5.74, 6) is 1.09. The van der Waals surface area contributed by atoms with Gasteiger partial charge in [-0.25, -0.2) is 19.6 Å². The van der Waals surface area contributed by atoms with E-state index in [4.69, 9.17) is 9.72 Å². The van der Waals surface area contributed by atoms with E-state index in [0.717, 1.165) is 64.9 Å². The van der Waals surface area contributed by atoms with Gasteiger partial charge in [-0.2, -0.15) is 0 Å². The first kappa shape index (κ1) is 41.7. The molecule has 3 N–H and O–H groups in total. The second-order valence-electron chi connectivity index (χ2n) is 16.3. The van der Waals surface area contributed by atoms with Crippen LogP contribution in [0.1, 0.15) is 95.6 Å². The lowest BCUT2D eigenvalue weighted by Gasteiger charge is -2.35. The second-order valence-corrected chi connectivity index (χ2v) is 16.3. The summed E-state index contributed by atoms with van der Waals surface area (Å²) in [6.07, 6.45) is 5.63. The maximum atomic E-state index is 14.5. The average molecular weight is 815 g/mol. The van der Waals surface area contributed by atoms with E-state index < -0.39 is 29.9 Å². The fourth-order valence-electron chi connectivity index (χ4n) is 8.15. The minimum atomic E-state index is -0.840. The number of H-pyrrole nitrogens is 2. The van der Waals surface area contributed by atoms with Gasteiger partial charge in [-0.15, -0.1) is 0 Å². The van der Waals surface area contributed by atoms with Crippen LogP contribution in [0, 0.1) is 0 Å². The maximum Gasteiger partial charge on any atom is 0.411 e. The summed E-state index contributed by atoms with van der Waals surface area (Å²) in [5.41, 5.74) is 5.77. The Morgan fingerprint density at radius 1 is 0.767 bits per heavy atom. The predicted molar refractivity (Wildman–Crippen MR) is 227 cm³/mol. The molecule has 7 rings (SSSR count). The number of carbonyl (C=O) groups excluding carboxylic acids is 4. The average Bonchev–Trinajstić information content (AvgIpc) is 4.09. The van der Waals surface area contributed by atoms with Crippen molar-refractivity contribution in [2.75, 3.05) is 26.7 Å². The Hall–Kier alpha value is -6.44. The van der Waals surface area contributed by atoms with Crippen molar-refractivity contribution in [2.24, 2.45) is 0 Å². The number of methoxy groups -OCH3 is 1. The zero-order chi connectivity index (χ0) is 42.6. The molecule has 314 valence electrons. The summed E-state index contributed by atoms with van der Waals surface area (Å²) < 4.78 is 10.4. The van der Waals surface area contributed by atoms with Crippen molar-refractivity contribution in [3.8, 4) is 33.6 Å². The molecule has 2 aliphatic rings. The molecule has 5 aromatic rings. The van der Waals surface area contributed by atoms with Crippen molar-refractivity contribution in [1.29, 1.82) is 0 Å². The topological polar surface area (TPSA) is 166 Å². The number of benzene rings is 3. The van der Waals surface area contributed by atoms with E-state index >= 15 is 0 Å². The van der Waals surface area contributed by atoms with Gasteiger partial charge in [0.2, 0.25) is 5.91 Å². The first-order valence-electron chi connectivity index (χ1n) is 20.7. The fraction of sp³-hybridized carbons (Fsp3) is 0.391. The van der Waals surface area contributed by atoms with Gasteiger partial charge in [-0.1, -0.05) is 78.9 Å². The summed E-state index contributed by atoms with van der Waals surface area (Å²) >= 11 is 0. The zero-order valence-corrected chi connectivity index (χ0v) is 35.1. The number of rotatable bonds is 11. The molecule has 0 aliphatic carbocycles. The Balaban J connectivity index is 1.02. The number of ether oxygens (including phenoxy) is 2. The highest BCUT2D eigenvalue weighted by Gasteiger charge is 2.41. The number of aromatic amines is 2. The summed E-state index contributed by atoms with van der Waals surface area (Å²) in [6, 6.07) is 23.9. The van der Waals surface area contributed by atoms with Gasteiger partial charge in [0.1, 0.15) is 29.3 Å². The molecule has 4 amide bonds. The van der Waals surface area contributed by atoms with Crippen LogP contribution < -0.4 is 5.32 Å². The van der Waals surface area contributed by atoms with Crippen LogP contribution in [0.5, 0.6) is 0 Å². The molecule has 0 bridgehead atoms. The predicted octanol–water partition coefficient (Wildman–Crippen LogP) is 8.20. The van der Waals surface area contributed by atoms with Gasteiger partial charge < -0.3 is 34.6 Å². The molecule has 0 radical (unpaired) electrons. The lowest BCUT2D eigenvalue weighted by molar-refractivity contribution is -0.138. The number of imidazole rings is 2. The third-order valence-electron chi connectivity index (χ3n) is 11.1. The van der Waals surface area contributed by atoms with Crippen molar-refractivity contribution in [1.82, 2.24) is 40.0 Å². The van der Waals surface area contributed by atoms with Crippen LogP contribution in [0.15, 0.2) is 91.3 Å². The van der Waals surface area contributed by atoms with Crippen molar-refractivity contribution in [3.05, 3.63) is 108 Å². The van der Waals surface area contributed by atoms with Gasteiger partial charge in [0.05, 0.1) is 43.0 Å². The first-order chi connectivity index (χ1) is 28.8. The second kappa shape index (κ2) is 17.8. The number of nitrogens with zero attached hydrogens (tertiary/aromatic N) is 5. The van der Waals surface area contributed by atoms with Gasteiger partial charge in [-0.05, 0) is 88.1 Å². The summed E-state index contributed by atoms with van der Waals surface area (Å²) in [4.78, 5) is 74.2. The summed E-state index contributed by atoms with van der Waals surface area (Å²) in [6.45, 7) is 10.4. The highest BCUT2D eigenvalue weighted by Crippen LogP contribution is 2.37. The highest BCUT2D eigenvalue weighted by molar-refractivity contribution is 5.88. The van der Waals surface area contributed by atoms with E-state index in [-0.39, 0.29) is 23.9 Å². The Bertz CT molecular complexity index is 2280. The maximum absolute atomic E-state index is 14.5. The van der Waals surface area contributed by atoms with Crippen LogP contribution in [0.3, 0.4) is 0 Å².